The van der Waals surface area contributed by atoms with Gasteiger partial charge in [-0.15, -0.1) is 0 Å². The molecule has 1 atom stereocenters. The Bertz CT molecular complexity index is 1150. The molecule has 0 radical (unpaired) electrons. The summed E-state index contributed by atoms with van der Waals surface area (Å²) in [6.07, 6.45) is 4.57. The second-order valence-corrected chi connectivity index (χ2v) is 7.70. The van der Waals surface area contributed by atoms with Gasteiger partial charge in [-0.3, -0.25) is 9.59 Å². The molecule has 1 unspecified atom stereocenters. The van der Waals surface area contributed by atoms with Gasteiger partial charge < -0.3 is 29.4 Å². The molecular weight excluding hydrogens is 424 g/mol. The summed E-state index contributed by atoms with van der Waals surface area (Å²) in [5.41, 5.74) is 2.53. The van der Waals surface area contributed by atoms with Crippen LogP contribution < -0.4 is 24.8 Å². The zero-order valence-corrected chi connectivity index (χ0v) is 18.8. The van der Waals surface area contributed by atoms with Gasteiger partial charge in [0.25, 0.3) is 5.91 Å². The van der Waals surface area contributed by atoms with Crippen LogP contribution in [0, 0.1) is 0 Å². The van der Waals surface area contributed by atoms with Crippen molar-refractivity contribution in [1.82, 2.24) is 14.9 Å². The van der Waals surface area contributed by atoms with Crippen molar-refractivity contribution in [3.8, 4) is 17.2 Å². The molecule has 0 aliphatic carbocycles. The zero-order valence-electron chi connectivity index (χ0n) is 18.8. The number of carbonyl (C=O) groups is 2. The van der Waals surface area contributed by atoms with Crippen LogP contribution in [0.1, 0.15) is 29.4 Å². The molecule has 2 N–H and O–H groups in total. The first-order chi connectivity index (χ1) is 16.0. The number of nitrogens with zero attached hydrogens (tertiary/aromatic N) is 2. The Hall–Kier alpha value is -4.01. The molecule has 1 aliphatic heterocycles. The average molecular weight is 450 g/mol. The number of methoxy groups -OCH3 is 2. The van der Waals surface area contributed by atoms with Crippen molar-refractivity contribution in [3.63, 3.8) is 0 Å². The molecule has 1 aliphatic rings. The number of fused-ring (bicyclic) bond motifs is 1. The van der Waals surface area contributed by atoms with E-state index in [1.807, 2.05) is 36.0 Å². The van der Waals surface area contributed by atoms with Gasteiger partial charge in [-0.1, -0.05) is 0 Å². The van der Waals surface area contributed by atoms with Crippen molar-refractivity contribution in [2.24, 2.45) is 7.05 Å². The van der Waals surface area contributed by atoms with Crippen molar-refractivity contribution in [3.05, 3.63) is 65.7 Å². The molecule has 2 heterocycles. The lowest BCUT2D eigenvalue weighted by atomic mass is 10.0. The van der Waals surface area contributed by atoms with Gasteiger partial charge in [0.2, 0.25) is 5.91 Å². The molecule has 2 aromatic carbocycles. The highest BCUT2D eigenvalue weighted by atomic mass is 16.5. The Morgan fingerprint density at radius 1 is 1.12 bits per heavy atom. The summed E-state index contributed by atoms with van der Waals surface area (Å²) in [4.78, 5) is 28.8. The van der Waals surface area contributed by atoms with Crippen LogP contribution >= 0.6 is 0 Å². The number of anilines is 1. The second-order valence-electron chi connectivity index (χ2n) is 7.70. The number of aromatic nitrogens is 2. The number of nitrogens with one attached hydrogen (secondary N) is 2. The largest absolute Gasteiger partial charge is 0.497 e. The monoisotopic (exact) mass is 450 g/mol. The van der Waals surface area contributed by atoms with Crippen molar-refractivity contribution in [2.75, 3.05) is 26.1 Å². The molecule has 0 bridgehead atoms. The predicted molar refractivity (Wildman–Crippen MR) is 122 cm³/mol. The van der Waals surface area contributed by atoms with E-state index in [2.05, 4.69) is 15.6 Å². The van der Waals surface area contributed by atoms with Gasteiger partial charge in [-0.05, 0) is 47.9 Å². The van der Waals surface area contributed by atoms with Crippen LogP contribution in [0.3, 0.4) is 0 Å². The predicted octanol–water partition coefficient (Wildman–Crippen LogP) is 2.61. The van der Waals surface area contributed by atoms with E-state index in [9.17, 15) is 9.59 Å². The number of ether oxygens (including phenoxy) is 3. The number of aryl methyl sites for hydroxylation is 2. The third-order valence-electron chi connectivity index (χ3n) is 5.47. The molecular formula is C24H26N4O5. The molecule has 0 spiro atoms. The fourth-order valence-electron chi connectivity index (χ4n) is 3.75. The van der Waals surface area contributed by atoms with Gasteiger partial charge in [-0.25, -0.2) is 4.98 Å². The number of carbonyl (C=O) groups excluding carboxylic acids is 2. The molecule has 172 valence electrons. The number of hydrogen-bond acceptors (Lipinski definition) is 6. The Balaban J connectivity index is 1.51. The molecule has 0 saturated heterocycles. The summed E-state index contributed by atoms with van der Waals surface area (Å²) >= 11 is 0. The van der Waals surface area contributed by atoms with E-state index in [0.29, 0.717) is 35.9 Å². The summed E-state index contributed by atoms with van der Waals surface area (Å²) in [6.45, 7) is -0.173. The smallest absolute Gasteiger partial charge is 0.258 e. The van der Waals surface area contributed by atoms with Crippen molar-refractivity contribution in [2.45, 2.75) is 18.9 Å². The van der Waals surface area contributed by atoms with Crippen LogP contribution in [0.2, 0.25) is 0 Å². The van der Waals surface area contributed by atoms with E-state index in [1.54, 1.807) is 38.6 Å². The van der Waals surface area contributed by atoms with E-state index in [0.717, 1.165) is 16.8 Å². The second kappa shape index (κ2) is 9.64. The highest BCUT2D eigenvalue weighted by Gasteiger charge is 2.23. The van der Waals surface area contributed by atoms with E-state index >= 15 is 0 Å². The lowest BCUT2D eigenvalue weighted by molar-refractivity contribution is -0.123. The van der Waals surface area contributed by atoms with Crippen LogP contribution in [0.5, 0.6) is 17.2 Å². The average Bonchev–Trinajstić information content (AvgIpc) is 3.26. The molecule has 9 nitrogen and oxygen atoms in total. The number of imidazole rings is 1. The van der Waals surface area contributed by atoms with Gasteiger partial charge in [0.1, 0.15) is 29.1 Å². The van der Waals surface area contributed by atoms with E-state index in [1.165, 1.54) is 0 Å². The van der Waals surface area contributed by atoms with Crippen molar-refractivity contribution >= 4 is 17.5 Å². The van der Waals surface area contributed by atoms with E-state index in [-0.39, 0.29) is 18.4 Å². The fourth-order valence-corrected chi connectivity index (χ4v) is 3.75. The Morgan fingerprint density at radius 3 is 2.55 bits per heavy atom. The summed E-state index contributed by atoms with van der Waals surface area (Å²) in [5.74, 6) is 2.13. The molecule has 4 rings (SSSR count). The normalized spacial score (nSPS) is 13.5. The minimum Gasteiger partial charge on any atom is -0.497 e. The summed E-state index contributed by atoms with van der Waals surface area (Å²) in [5, 5.41) is 5.83. The number of hydrogen-bond donors (Lipinski definition) is 2. The topological polar surface area (TPSA) is 104 Å². The summed E-state index contributed by atoms with van der Waals surface area (Å²) < 4.78 is 18.3. The fraction of sp³-hybridized carbons (Fsp3) is 0.292. The van der Waals surface area contributed by atoms with Gasteiger partial charge in [-0.2, -0.15) is 0 Å². The van der Waals surface area contributed by atoms with Gasteiger partial charge in [0.05, 0.1) is 14.2 Å². The molecule has 1 aromatic heterocycles. The first-order valence-corrected chi connectivity index (χ1v) is 10.5. The third kappa shape index (κ3) is 5.08. The van der Waals surface area contributed by atoms with Crippen molar-refractivity contribution < 1.29 is 23.8 Å². The highest BCUT2D eigenvalue weighted by molar-refractivity contribution is 5.94. The number of amides is 2. The van der Waals surface area contributed by atoms with Crippen LogP contribution in [0.15, 0.2) is 48.8 Å². The standard InChI is InChI=1S/C24H26N4O5/c1-28-9-8-25-24(28)23(16-11-18(31-2)13-19(12-16)32-3)27-22(30)14-33-17-5-6-20-15(10-17)4-7-21(29)26-20/h5-6,8-13,23H,4,7,14H2,1-3H3,(H,26,29)(H,27,30). The maximum absolute atomic E-state index is 12.9. The van der Waals surface area contributed by atoms with Gasteiger partial charge in [0.15, 0.2) is 6.61 Å². The summed E-state index contributed by atoms with van der Waals surface area (Å²) in [6, 6.07) is 10.3. The van der Waals surface area contributed by atoms with Crippen LogP contribution in [0.25, 0.3) is 0 Å². The third-order valence-corrected chi connectivity index (χ3v) is 5.47. The minimum atomic E-state index is -0.538. The lowest BCUT2D eigenvalue weighted by Crippen LogP contribution is -2.34. The van der Waals surface area contributed by atoms with Gasteiger partial charge in [0, 0.05) is 37.6 Å². The summed E-state index contributed by atoms with van der Waals surface area (Å²) in [7, 11) is 5.01. The molecule has 0 fully saturated rings. The molecule has 33 heavy (non-hydrogen) atoms. The quantitative estimate of drug-likeness (QED) is 0.547. The highest BCUT2D eigenvalue weighted by Crippen LogP contribution is 2.30. The van der Waals surface area contributed by atoms with Crippen LogP contribution in [-0.4, -0.2) is 42.2 Å². The molecule has 2 amide bonds. The van der Waals surface area contributed by atoms with Crippen LogP contribution in [0.4, 0.5) is 5.69 Å². The molecule has 3 aromatic rings. The maximum atomic E-state index is 12.9. The Kier molecular flexibility index (Phi) is 6.48. The molecule has 9 heteroatoms. The SMILES string of the molecule is COc1cc(OC)cc(C(NC(=O)COc2ccc3c(c2)CCC(=O)N3)c2nccn2C)c1. The Morgan fingerprint density at radius 2 is 1.88 bits per heavy atom. The molecule has 0 saturated carbocycles. The van der Waals surface area contributed by atoms with E-state index < -0.39 is 6.04 Å². The number of benzene rings is 2. The van der Waals surface area contributed by atoms with E-state index in [4.69, 9.17) is 14.2 Å². The number of rotatable bonds is 8. The van der Waals surface area contributed by atoms with Crippen LogP contribution in [-0.2, 0) is 23.1 Å². The Labute approximate surface area is 191 Å². The minimum absolute atomic E-state index is 0.00467. The maximum Gasteiger partial charge on any atom is 0.258 e. The van der Waals surface area contributed by atoms with Crippen molar-refractivity contribution in [1.29, 1.82) is 0 Å². The first-order valence-electron chi connectivity index (χ1n) is 10.5. The zero-order chi connectivity index (χ0) is 23.4. The lowest BCUT2D eigenvalue weighted by Gasteiger charge is -2.21. The van der Waals surface area contributed by atoms with Gasteiger partial charge >= 0.3 is 0 Å². The first kappa shape index (κ1) is 22.2.